The molecule has 136 valence electrons. The fourth-order valence-electron chi connectivity index (χ4n) is 1.82. The summed E-state index contributed by atoms with van der Waals surface area (Å²) in [6, 6.07) is 7.66. The van der Waals surface area contributed by atoms with Crippen LogP contribution in [0, 0.1) is 10.1 Å². The number of furan rings is 1. The lowest BCUT2D eigenvalue weighted by atomic mass is 10.3. The second kappa shape index (κ2) is 7.74. The first-order valence-corrected chi connectivity index (χ1v) is 10.1. The lowest BCUT2D eigenvalue weighted by molar-refractivity contribution is -0.385. The van der Waals surface area contributed by atoms with Gasteiger partial charge in [-0.25, -0.2) is 26.3 Å². The Hall–Kier alpha value is -2.28. The molecule has 0 bridgehead atoms. The van der Waals surface area contributed by atoms with Crippen molar-refractivity contribution in [3.8, 4) is 0 Å². The topological polar surface area (TPSA) is 149 Å². The quantitative estimate of drug-likeness (QED) is 0.471. The minimum Gasteiger partial charge on any atom is -0.468 e. The second-order valence-corrected chi connectivity index (χ2v) is 8.56. The maximum atomic E-state index is 12.1. The van der Waals surface area contributed by atoms with Gasteiger partial charge in [0.05, 0.1) is 28.4 Å². The Labute approximate surface area is 144 Å². The lowest BCUT2D eigenvalue weighted by Crippen LogP contribution is -2.34. The third kappa shape index (κ3) is 5.63. The van der Waals surface area contributed by atoms with Gasteiger partial charge in [-0.05, 0) is 18.2 Å². The molecule has 0 spiro atoms. The number of hydrogen-bond acceptors (Lipinski definition) is 7. The molecule has 0 aliphatic heterocycles. The third-order valence-corrected chi connectivity index (χ3v) is 5.83. The number of non-ortho nitro benzene ring substituents is 1. The van der Waals surface area contributed by atoms with Crippen LogP contribution in [0.2, 0.25) is 0 Å². The molecule has 2 rings (SSSR count). The largest absolute Gasteiger partial charge is 0.468 e. The summed E-state index contributed by atoms with van der Waals surface area (Å²) in [5, 5.41) is 10.7. The van der Waals surface area contributed by atoms with Crippen LogP contribution in [0.25, 0.3) is 0 Å². The van der Waals surface area contributed by atoms with E-state index in [-0.39, 0.29) is 17.1 Å². The molecule has 1 aromatic carbocycles. The zero-order valence-corrected chi connectivity index (χ0v) is 14.4. The summed E-state index contributed by atoms with van der Waals surface area (Å²) in [6.07, 6.45) is 1.40. The van der Waals surface area contributed by atoms with E-state index in [1.165, 1.54) is 18.4 Å². The van der Waals surface area contributed by atoms with Gasteiger partial charge in [0.15, 0.2) is 0 Å². The zero-order valence-electron chi connectivity index (χ0n) is 12.8. The smallest absolute Gasteiger partial charge is 0.270 e. The van der Waals surface area contributed by atoms with Crippen molar-refractivity contribution < 1.29 is 26.2 Å². The van der Waals surface area contributed by atoms with Gasteiger partial charge in [0, 0.05) is 18.7 Å². The summed E-state index contributed by atoms with van der Waals surface area (Å²) in [4.78, 5) is 9.65. The van der Waals surface area contributed by atoms with Crippen molar-refractivity contribution >= 4 is 25.7 Å². The minimum atomic E-state index is -4.06. The molecule has 0 aliphatic carbocycles. The van der Waals surface area contributed by atoms with Gasteiger partial charge >= 0.3 is 0 Å². The highest BCUT2D eigenvalue weighted by Gasteiger charge is 2.19. The monoisotopic (exact) mass is 389 g/mol. The molecule has 10 nitrogen and oxygen atoms in total. The Morgan fingerprint density at radius 3 is 2.48 bits per heavy atom. The Kier molecular flexibility index (Phi) is 5.89. The van der Waals surface area contributed by atoms with E-state index in [2.05, 4.69) is 9.44 Å². The Morgan fingerprint density at radius 1 is 1.08 bits per heavy atom. The SMILES string of the molecule is O=[N+]([O-])c1cccc(S(=O)(=O)NCCS(=O)(=O)NCc2ccco2)c1. The highest BCUT2D eigenvalue weighted by molar-refractivity contribution is 7.90. The number of rotatable bonds is 9. The number of hydrogen-bond donors (Lipinski definition) is 2. The van der Waals surface area contributed by atoms with E-state index in [0.29, 0.717) is 5.76 Å². The highest BCUT2D eigenvalue weighted by atomic mass is 32.2. The molecule has 12 heteroatoms. The predicted molar refractivity (Wildman–Crippen MR) is 87.6 cm³/mol. The van der Waals surface area contributed by atoms with Crippen LogP contribution in [0.3, 0.4) is 0 Å². The summed E-state index contributed by atoms with van der Waals surface area (Å²) >= 11 is 0. The molecule has 1 heterocycles. The molecule has 0 aliphatic rings. The molecular weight excluding hydrogens is 374 g/mol. The molecule has 0 saturated heterocycles. The van der Waals surface area contributed by atoms with E-state index in [1.54, 1.807) is 12.1 Å². The maximum absolute atomic E-state index is 12.1. The average Bonchev–Trinajstić information content (AvgIpc) is 3.06. The number of sulfonamides is 2. The van der Waals surface area contributed by atoms with E-state index in [0.717, 1.165) is 12.1 Å². The molecule has 0 saturated carbocycles. The van der Waals surface area contributed by atoms with Gasteiger partial charge in [-0.1, -0.05) is 6.07 Å². The Morgan fingerprint density at radius 2 is 1.84 bits per heavy atom. The van der Waals surface area contributed by atoms with Crippen LogP contribution in [-0.4, -0.2) is 34.1 Å². The van der Waals surface area contributed by atoms with Crippen molar-refractivity contribution in [1.29, 1.82) is 0 Å². The number of benzene rings is 1. The van der Waals surface area contributed by atoms with Crippen molar-refractivity contribution in [1.82, 2.24) is 9.44 Å². The van der Waals surface area contributed by atoms with Gasteiger partial charge in [0.2, 0.25) is 20.0 Å². The number of nitrogens with one attached hydrogen (secondary N) is 2. The van der Waals surface area contributed by atoms with Crippen molar-refractivity contribution in [3.63, 3.8) is 0 Å². The summed E-state index contributed by atoms with van der Waals surface area (Å²) in [5.41, 5.74) is -0.379. The number of nitro benzene ring substituents is 1. The van der Waals surface area contributed by atoms with Gasteiger partial charge in [-0.3, -0.25) is 10.1 Å². The van der Waals surface area contributed by atoms with Crippen molar-refractivity contribution in [2.24, 2.45) is 0 Å². The van der Waals surface area contributed by atoms with E-state index >= 15 is 0 Å². The van der Waals surface area contributed by atoms with E-state index in [9.17, 15) is 26.9 Å². The van der Waals surface area contributed by atoms with E-state index in [4.69, 9.17) is 4.42 Å². The Balaban J connectivity index is 1.93. The third-order valence-electron chi connectivity index (χ3n) is 3.05. The molecular formula is C13H15N3O7S2. The average molecular weight is 389 g/mol. The molecule has 0 radical (unpaired) electrons. The Bertz CT molecular complexity index is 938. The summed E-state index contributed by atoms with van der Waals surface area (Å²) < 4.78 is 57.1. The van der Waals surface area contributed by atoms with Crippen LogP contribution in [-0.2, 0) is 26.6 Å². The van der Waals surface area contributed by atoms with Crippen molar-refractivity contribution in [2.75, 3.05) is 12.3 Å². The van der Waals surface area contributed by atoms with Crippen LogP contribution in [0.15, 0.2) is 52.0 Å². The molecule has 2 aromatic rings. The van der Waals surface area contributed by atoms with Crippen molar-refractivity contribution in [3.05, 3.63) is 58.5 Å². The molecule has 0 atom stereocenters. The van der Waals surface area contributed by atoms with Gasteiger partial charge < -0.3 is 4.42 Å². The summed E-state index contributed by atoms with van der Waals surface area (Å²) in [7, 11) is -7.79. The first-order valence-electron chi connectivity index (χ1n) is 6.93. The van der Waals surface area contributed by atoms with E-state index < -0.39 is 37.3 Å². The van der Waals surface area contributed by atoms with Crippen LogP contribution in [0.1, 0.15) is 5.76 Å². The normalized spacial score (nSPS) is 12.2. The number of nitrogens with zero attached hydrogens (tertiary/aromatic N) is 1. The van der Waals surface area contributed by atoms with Crippen LogP contribution >= 0.6 is 0 Å². The molecule has 1 aromatic heterocycles. The second-order valence-electron chi connectivity index (χ2n) is 4.87. The first-order chi connectivity index (χ1) is 11.7. The summed E-state index contributed by atoms with van der Waals surface area (Å²) in [6.45, 7) is -0.439. The molecule has 0 amide bonds. The first kappa shape index (κ1) is 19.1. The summed E-state index contributed by atoms with van der Waals surface area (Å²) in [5.74, 6) is -0.0808. The lowest BCUT2D eigenvalue weighted by Gasteiger charge is -2.08. The standard InChI is InChI=1S/C13H15N3O7S2/c17-16(18)11-3-1-5-13(9-11)25(21,22)14-6-8-24(19,20)15-10-12-4-2-7-23-12/h1-5,7,9,14-15H,6,8,10H2. The van der Waals surface area contributed by atoms with Gasteiger partial charge in [0.1, 0.15) is 5.76 Å². The van der Waals surface area contributed by atoms with Gasteiger partial charge in [-0.2, -0.15) is 0 Å². The molecule has 25 heavy (non-hydrogen) atoms. The van der Waals surface area contributed by atoms with Gasteiger partial charge in [-0.15, -0.1) is 0 Å². The van der Waals surface area contributed by atoms with Crippen LogP contribution < -0.4 is 9.44 Å². The van der Waals surface area contributed by atoms with Crippen LogP contribution in [0.4, 0.5) is 5.69 Å². The van der Waals surface area contributed by atoms with Crippen molar-refractivity contribution in [2.45, 2.75) is 11.4 Å². The highest BCUT2D eigenvalue weighted by Crippen LogP contribution is 2.16. The number of nitro groups is 1. The fraction of sp³-hybridized carbons (Fsp3) is 0.231. The van der Waals surface area contributed by atoms with Gasteiger partial charge in [0.25, 0.3) is 5.69 Å². The zero-order chi connectivity index (χ0) is 18.5. The maximum Gasteiger partial charge on any atom is 0.270 e. The molecule has 0 unspecified atom stereocenters. The molecule has 0 fully saturated rings. The van der Waals surface area contributed by atoms with Crippen LogP contribution in [0.5, 0.6) is 0 Å². The molecule has 2 N–H and O–H groups in total. The minimum absolute atomic E-state index is 0.0486. The fourth-order valence-corrected chi connectivity index (χ4v) is 3.90. The predicted octanol–water partition coefficient (Wildman–Crippen LogP) is 0.586. The van der Waals surface area contributed by atoms with E-state index in [1.807, 2.05) is 0 Å².